The van der Waals surface area contributed by atoms with E-state index in [4.69, 9.17) is 17.3 Å². The average molecular weight is 305 g/mol. The Hall–Kier alpha value is -0.770. The number of likely N-dealkylation sites (N-methyl/N-ethyl adjacent to an activating group) is 1. The number of benzene rings is 1. The lowest BCUT2D eigenvalue weighted by Gasteiger charge is -2.21. The number of carbonyl (C=O) groups is 1. The number of amides is 1. The van der Waals surface area contributed by atoms with E-state index in [9.17, 15) is 4.79 Å². The van der Waals surface area contributed by atoms with Gasteiger partial charge in [0.05, 0.1) is 6.04 Å². The van der Waals surface area contributed by atoms with Crippen LogP contribution in [0.1, 0.15) is 25.3 Å². The Morgan fingerprint density at radius 1 is 1.37 bits per heavy atom. The molecule has 0 spiro atoms. The molecule has 108 valence electrons. The maximum absolute atomic E-state index is 11.9. The first-order chi connectivity index (χ1) is 8.54. The van der Waals surface area contributed by atoms with E-state index in [1.165, 1.54) is 5.56 Å². The summed E-state index contributed by atoms with van der Waals surface area (Å²) in [4.78, 5) is 13.6. The fraction of sp³-hybridized carbons (Fsp3) is 0.500. The first-order valence-corrected chi connectivity index (χ1v) is 6.67. The Labute approximate surface area is 126 Å². The van der Waals surface area contributed by atoms with E-state index in [2.05, 4.69) is 0 Å². The smallest absolute Gasteiger partial charge is 0.239 e. The molecule has 0 fully saturated rings. The number of hydrogen-bond donors (Lipinski definition) is 1. The lowest BCUT2D eigenvalue weighted by atomic mass is 10.1. The van der Waals surface area contributed by atoms with Crippen molar-refractivity contribution in [2.45, 2.75) is 32.2 Å². The minimum Gasteiger partial charge on any atom is -0.344 e. The standard InChI is InChI=1S/C14H21ClN2O.ClH/c1-3-4-13(16)14(18)17(2)10-9-11-5-7-12(15)8-6-11;/h5-8,13H,3-4,9-10,16H2,1-2H3;1H. The lowest BCUT2D eigenvalue weighted by molar-refractivity contribution is -0.131. The van der Waals surface area contributed by atoms with Crippen LogP contribution in [0.4, 0.5) is 0 Å². The van der Waals surface area contributed by atoms with E-state index in [0.29, 0.717) is 6.54 Å². The molecule has 1 unspecified atom stereocenters. The van der Waals surface area contributed by atoms with E-state index in [1.54, 1.807) is 11.9 Å². The zero-order valence-electron chi connectivity index (χ0n) is 11.4. The summed E-state index contributed by atoms with van der Waals surface area (Å²) in [6, 6.07) is 7.31. The van der Waals surface area contributed by atoms with Crippen LogP contribution in [0, 0.1) is 0 Å². The van der Waals surface area contributed by atoms with Crippen LogP contribution in [0.5, 0.6) is 0 Å². The normalized spacial score (nSPS) is 11.6. The molecule has 0 saturated carbocycles. The minimum absolute atomic E-state index is 0. The highest BCUT2D eigenvalue weighted by atomic mass is 35.5. The van der Waals surface area contributed by atoms with E-state index >= 15 is 0 Å². The van der Waals surface area contributed by atoms with Crippen LogP contribution in [0.25, 0.3) is 0 Å². The molecular weight excluding hydrogens is 283 g/mol. The monoisotopic (exact) mass is 304 g/mol. The van der Waals surface area contributed by atoms with Crippen molar-refractivity contribution >= 4 is 29.9 Å². The first kappa shape index (κ1) is 18.2. The molecule has 1 aromatic carbocycles. The van der Waals surface area contributed by atoms with Gasteiger partial charge in [-0.1, -0.05) is 37.1 Å². The molecule has 0 saturated heterocycles. The second-order valence-corrected chi connectivity index (χ2v) is 4.97. The largest absolute Gasteiger partial charge is 0.344 e. The van der Waals surface area contributed by atoms with Crippen LogP contribution in [-0.2, 0) is 11.2 Å². The van der Waals surface area contributed by atoms with Crippen molar-refractivity contribution in [3.05, 3.63) is 34.9 Å². The predicted molar refractivity (Wildman–Crippen MR) is 82.9 cm³/mol. The molecular formula is C14H22Cl2N2O. The number of hydrogen-bond acceptors (Lipinski definition) is 2. The molecule has 0 bridgehead atoms. The molecule has 0 aliphatic carbocycles. The maximum Gasteiger partial charge on any atom is 0.239 e. The number of rotatable bonds is 6. The van der Waals surface area contributed by atoms with Crippen LogP contribution >= 0.6 is 24.0 Å². The molecule has 0 aliphatic heterocycles. The van der Waals surface area contributed by atoms with Crippen LogP contribution in [0.15, 0.2) is 24.3 Å². The highest BCUT2D eigenvalue weighted by molar-refractivity contribution is 6.30. The summed E-state index contributed by atoms with van der Waals surface area (Å²) in [7, 11) is 1.80. The topological polar surface area (TPSA) is 46.3 Å². The maximum atomic E-state index is 11.9. The van der Waals surface area contributed by atoms with Gasteiger partial charge in [-0.2, -0.15) is 0 Å². The van der Waals surface area contributed by atoms with Gasteiger partial charge < -0.3 is 10.6 Å². The number of nitrogens with two attached hydrogens (primary N) is 1. The molecule has 1 aromatic rings. The van der Waals surface area contributed by atoms with Gasteiger partial charge in [-0.3, -0.25) is 4.79 Å². The number of nitrogens with zero attached hydrogens (tertiary/aromatic N) is 1. The van der Waals surface area contributed by atoms with E-state index < -0.39 is 0 Å². The van der Waals surface area contributed by atoms with Crippen molar-refractivity contribution < 1.29 is 4.79 Å². The van der Waals surface area contributed by atoms with Gasteiger partial charge in [0.2, 0.25) is 5.91 Å². The summed E-state index contributed by atoms with van der Waals surface area (Å²) in [6.45, 7) is 2.71. The third-order valence-electron chi connectivity index (χ3n) is 2.94. The van der Waals surface area contributed by atoms with Gasteiger partial charge in [-0.15, -0.1) is 12.4 Å². The van der Waals surface area contributed by atoms with Gasteiger partial charge in [0.15, 0.2) is 0 Å². The number of halogens is 2. The summed E-state index contributed by atoms with van der Waals surface area (Å²) in [5.41, 5.74) is 6.98. The predicted octanol–water partition coefficient (Wildman–Crippen LogP) is 2.89. The Balaban J connectivity index is 0.00000324. The van der Waals surface area contributed by atoms with Crippen molar-refractivity contribution in [3.8, 4) is 0 Å². The highest BCUT2D eigenvalue weighted by Gasteiger charge is 2.16. The molecule has 5 heteroatoms. The third kappa shape index (κ3) is 6.28. The fourth-order valence-electron chi connectivity index (χ4n) is 1.78. The molecule has 0 radical (unpaired) electrons. The highest BCUT2D eigenvalue weighted by Crippen LogP contribution is 2.10. The Morgan fingerprint density at radius 2 is 1.95 bits per heavy atom. The first-order valence-electron chi connectivity index (χ1n) is 6.29. The Morgan fingerprint density at radius 3 is 2.47 bits per heavy atom. The van der Waals surface area contributed by atoms with Crippen LogP contribution in [0.3, 0.4) is 0 Å². The summed E-state index contributed by atoms with van der Waals surface area (Å²) in [6.07, 6.45) is 2.49. The van der Waals surface area contributed by atoms with Crippen molar-refractivity contribution in [1.29, 1.82) is 0 Å². The molecule has 1 atom stereocenters. The van der Waals surface area contributed by atoms with Gasteiger partial charge in [-0.05, 0) is 30.5 Å². The third-order valence-corrected chi connectivity index (χ3v) is 3.19. The fourth-order valence-corrected chi connectivity index (χ4v) is 1.90. The van der Waals surface area contributed by atoms with E-state index in [0.717, 1.165) is 24.3 Å². The summed E-state index contributed by atoms with van der Waals surface area (Å²) < 4.78 is 0. The van der Waals surface area contributed by atoms with Crippen LogP contribution in [-0.4, -0.2) is 30.4 Å². The summed E-state index contributed by atoms with van der Waals surface area (Å²) in [5, 5.41) is 0.730. The van der Waals surface area contributed by atoms with Gasteiger partial charge in [-0.25, -0.2) is 0 Å². The lowest BCUT2D eigenvalue weighted by Crippen LogP contribution is -2.42. The Kier molecular flexibility index (Phi) is 8.81. The number of carbonyl (C=O) groups excluding carboxylic acids is 1. The molecule has 3 nitrogen and oxygen atoms in total. The van der Waals surface area contributed by atoms with Gasteiger partial charge in [0.1, 0.15) is 0 Å². The minimum atomic E-state index is -0.370. The summed E-state index contributed by atoms with van der Waals surface area (Å²) in [5.74, 6) is 0.0193. The van der Waals surface area contributed by atoms with Crippen molar-refractivity contribution in [3.63, 3.8) is 0 Å². The van der Waals surface area contributed by atoms with Crippen LogP contribution in [0.2, 0.25) is 5.02 Å². The summed E-state index contributed by atoms with van der Waals surface area (Å²) >= 11 is 5.82. The quantitative estimate of drug-likeness (QED) is 0.878. The van der Waals surface area contributed by atoms with E-state index in [-0.39, 0.29) is 24.4 Å². The average Bonchev–Trinajstić information content (AvgIpc) is 2.37. The SMILES string of the molecule is CCCC(N)C(=O)N(C)CCc1ccc(Cl)cc1.Cl. The van der Waals surface area contributed by atoms with Gasteiger partial charge in [0.25, 0.3) is 0 Å². The molecule has 19 heavy (non-hydrogen) atoms. The molecule has 0 aliphatic rings. The molecule has 2 N–H and O–H groups in total. The van der Waals surface area contributed by atoms with Crippen molar-refractivity contribution in [1.82, 2.24) is 4.90 Å². The second-order valence-electron chi connectivity index (χ2n) is 4.53. The van der Waals surface area contributed by atoms with Crippen LogP contribution < -0.4 is 5.73 Å². The van der Waals surface area contributed by atoms with Crippen molar-refractivity contribution in [2.24, 2.45) is 5.73 Å². The molecule has 1 amide bonds. The Bertz CT molecular complexity index is 382. The van der Waals surface area contributed by atoms with Crippen molar-refractivity contribution in [2.75, 3.05) is 13.6 Å². The van der Waals surface area contributed by atoms with Gasteiger partial charge >= 0.3 is 0 Å². The van der Waals surface area contributed by atoms with E-state index in [1.807, 2.05) is 31.2 Å². The second kappa shape index (κ2) is 9.18. The molecule has 0 heterocycles. The van der Waals surface area contributed by atoms with Gasteiger partial charge in [0, 0.05) is 18.6 Å². The molecule has 0 aromatic heterocycles. The molecule has 1 rings (SSSR count). The zero-order chi connectivity index (χ0) is 13.5. The zero-order valence-corrected chi connectivity index (χ0v) is 13.0.